The molecule has 1 atom stereocenters. The maximum absolute atomic E-state index is 11.3. The van der Waals surface area contributed by atoms with Gasteiger partial charge in [-0.05, 0) is 19.3 Å². The predicted octanol–water partition coefficient (Wildman–Crippen LogP) is -1.49. The molecule has 0 bridgehead atoms. The standard InChI is InChI=1S/C10H21N5O3/c1-15(10(12)13)6-8(16)14-5-3-2-4-7(11)9(17)18/h7H,2-6,11H2,1H3,(H3,12,13)(H,14,16)(H,17,18). The lowest BCUT2D eigenvalue weighted by Gasteiger charge is -2.15. The molecular weight excluding hydrogens is 238 g/mol. The minimum Gasteiger partial charge on any atom is -0.480 e. The highest BCUT2D eigenvalue weighted by atomic mass is 16.4. The summed E-state index contributed by atoms with van der Waals surface area (Å²) in [5.41, 5.74) is 10.5. The molecule has 8 nitrogen and oxygen atoms in total. The highest BCUT2D eigenvalue weighted by Gasteiger charge is 2.10. The molecule has 1 amide bonds. The maximum Gasteiger partial charge on any atom is 0.320 e. The van der Waals surface area contributed by atoms with Crippen molar-refractivity contribution < 1.29 is 14.7 Å². The molecule has 0 aromatic rings. The van der Waals surface area contributed by atoms with E-state index in [2.05, 4.69) is 5.32 Å². The molecular formula is C10H21N5O3. The molecule has 0 saturated heterocycles. The van der Waals surface area contributed by atoms with Crippen molar-refractivity contribution in [2.45, 2.75) is 25.3 Å². The van der Waals surface area contributed by atoms with E-state index >= 15 is 0 Å². The Balaban J connectivity index is 3.58. The number of likely N-dealkylation sites (N-methyl/N-ethyl adjacent to an activating group) is 1. The van der Waals surface area contributed by atoms with Crippen LogP contribution in [0, 0.1) is 5.41 Å². The van der Waals surface area contributed by atoms with Crippen LogP contribution >= 0.6 is 0 Å². The van der Waals surface area contributed by atoms with Gasteiger partial charge in [0.1, 0.15) is 6.04 Å². The third-order valence-electron chi connectivity index (χ3n) is 2.37. The van der Waals surface area contributed by atoms with Crippen molar-refractivity contribution >= 4 is 17.8 Å². The normalized spacial score (nSPS) is 11.7. The summed E-state index contributed by atoms with van der Waals surface area (Å²) in [5, 5.41) is 18.3. The number of aliphatic carboxylic acids is 1. The first kappa shape index (κ1) is 16.2. The molecule has 0 fully saturated rings. The monoisotopic (exact) mass is 259 g/mol. The van der Waals surface area contributed by atoms with E-state index < -0.39 is 12.0 Å². The number of hydrogen-bond acceptors (Lipinski definition) is 4. The number of nitrogens with two attached hydrogens (primary N) is 2. The van der Waals surface area contributed by atoms with Crippen LogP contribution in [0.1, 0.15) is 19.3 Å². The summed E-state index contributed by atoms with van der Waals surface area (Å²) in [4.78, 5) is 23.1. The van der Waals surface area contributed by atoms with Gasteiger partial charge in [0.15, 0.2) is 5.96 Å². The molecule has 18 heavy (non-hydrogen) atoms. The third kappa shape index (κ3) is 7.44. The quantitative estimate of drug-likeness (QED) is 0.204. The Bertz CT molecular complexity index is 308. The summed E-state index contributed by atoms with van der Waals surface area (Å²) >= 11 is 0. The van der Waals surface area contributed by atoms with E-state index in [0.29, 0.717) is 25.8 Å². The van der Waals surface area contributed by atoms with Crippen LogP contribution in [0.15, 0.2) is 0 Å². The number of carboxylic acid groups (broad SMARTS) is 1. The average Bonchev–Trinajstić information content (AvgIpc) is 2.27. The molecule has 0 aromatic heterocycles. The van der Waals surface area contributed by atoms with Gasteiger partial charge in [0.05, 0.1) is 6.54 Å². The molecule has 8 heteroatoms. The second kappa shape index (κ2) is 8.29. The Morgan fingerprint density at radius 2 is 2.06 bits per heavy atom. The number of nitrogens with zero attached hydrogens (tertiary/aromatic N) is 1. The van der Waals surface area contributed by atoms with Gasteiger partial charge >= 0.3 is 5.97 Å². The van der Waals surface area contributed by atoms with Crippen molar-refractivity contribution in [2.24, 2.45) is 11.5 Å². The Labute approximate surface area is 106 Å². The molecule has 104 valence electrons. The molecule has 0 spiro atoms. The first-order valence-corrected chi connectivity index (χ1v) is 5.64. The largest absolute Gasteiger partial charge is 0.480 e. The minimum atomic E-state index is -1.01. The zero-order valence-electron chi connectivity index (χ0n) is 10.5. The van der Waals surface area contributed by atoms with Crippen molar-refractivity contribution in [1.82, 2.24) is 10.2 Å². The summed E-state index contributed by atoms with van der Waals surface area (Å²) in [6.07, 6.45) is 1.69. The number of carbonyl (C=O) groups is 2. The molecule has 7 N–H and O–H groups in total. The lowest BCUT2D eigenvalue weighted by Crippen LogP contribution is -2.41. The Morgan fingerprint density at radius 1 is 1.44 bits per heavy atom. The highest BCUT2D eigenvalue weighted by Crippen LogP contribution is 1.98. The van der Waals surface area contributed by atoms with Crippen molar-refractivity contribution in [1.29, 1.82) is 5.41 Å². The van der Waals surface area contributed by atoms with Gasteiger partial charge in [0.2, 0.25) is 5.91 Å². The minimum absolute atomic E-state index is 0.0317. The van der Waals surface area contributed by atoms with Crippen LogP contribution in [0.2, 0.25) is 0 Å². The van der Waals surface area contributed by atoms with Crippen molar-refractivity contribution in [3.8, 4) is 0 Å². The zero-order valence-corrected chi connectivity index (χ0v) is 10.5. The fourth-order valence-corrected chi connectivity index (χ4v) is 1.20. The number of unbranched alkanes of at least 4 members (excludes halogenated alkanes) is 1. The molecule has 0 radical (unpaired) electrons. The maximum atomic E-state index is 11.3. The number of rotatable bonds is 8. The van der Waals surface area contributed by atoms with Gasteiger partial charge in [0.25, 0.3) is 0 Å². The number of guanidine groups is 1. The van der Waals surface area contributed by atoms with Gasteiger partial charge in [-0.15, -0.1) is 0 Å². The molecule has 0 saturated carbocycles. The lowest BCUT2D eigenvalue weighted by atomic mass is 10.1. The second-order valence-electron chi connectivity index (χ2n) is 4.03. The zero-order chi connectivity index (χ0) is 14.1. The third-order valence-corrected chi connectivity index (χ3v) is 2.37. The molecule has 0 aliphatic heterocycles. The lowest BCUT2D eigenvalue weighted by molar-refractivity contribution is -0.138. The predicted molar refractivity (Wildman–Crippen MR) is 67.0 cm³/mol. The molecule has 1 unspecified atom stereocenters. The molecule has 0 aliphatic carbocycles. The number of carboxylic acids is 1. The van der Waals surface area contributed by atoms with E-state index in [-0.39, 0.29) is 18.4 Å². The van der Waals surface area contributed by atoms with Crippen LogP contribution in [-0.4, -0.2) is 54.0 Å². The number of nitrogens with one attached hydrogen (secondary N) is 2. The van der Waals surface area contributed by atoms with Crippen LogP contribution in [0.4, 0.5) is 0 Å². The fourth-order valence-electron chi connectivity index (χ4n) is 1.20. The SMILES string of the molecule is CN(CC(=O)NCCCCC(N)C(=O)O)C(=N)N. The molecule has 0 heterocycles. The van der Waals surface area contributed by atoms with Crippen LogP contribution in [0.25, 0.3) is 0 Å². The van der Waals surface area contributed by atoms with E-state index in [9.17, 15) is 9.59 Å². The topological polar surface area (TPSA) is 146 Å². The van der Waals surface area contributed by atoms with Crippen LogP contribution < -0.4 is 16.8 Å². The Hall–Kier alpha value is -1.83. The van der Waals surface area contributed by atoms with Gasteiger partial charge in [0, 0.05) is 13.6 Å². The van der Waals surface area contributed by atoms with E-state index in [1.54, 1.807) is 7.05 Å². The van der Waals surface area contributed by atoms with E-state index in [0.717, 1.165) is 0 Å². The van der Waals surface area contributed by atoms with E-state index in [4.69, 9.17) is 22.0 Å². The molecule has 0 rings (SSSR count). The average molecular weight is 259 g/mol. The second-order valence-corrected chi connectivity index (χ2v) is 4.03. The number of amides is 1. The van der Waals surface area contributed by atoms with Crippen molar-refractivity contribution in [3.63, 3.8) is 0 Å². The summed E-state index contributed by atoms with van der Waals surface area (Å²) in [6.45, 7) is 0.487. The molecule has 0 aliphatic rings. The number of carbonyl (C=O) groups excluding carboxylic acids is 1. The van der Waals surface area contributed by atoms with Gasteiger partial charge in [-0.1, -0.05) is 0 Å². The van der Waals surface area contributed by atoms with Crippen molar-refractivity contribution in [3.05, 3.63) is 0 Å². The van der Waals surface area contributed by atoms with E-state index in [1.807, 2.05) is 0 Å². The highest BCUT2D eigenvalue weighted by molar-refractivity contribution is 5.83. The number of hydrogen-bond donors (Lipinski definition) is 5. The summed E-state index contributed by atoms with van der Waals surface area (Å²) in [7, 11) is 1.55. The summed E-state index contributed by atoms with van der Waals surface area (Å²) < 4.78 is 0. The van der Waals surface area contributed by atoms with Gasteiger partial charge in [-0.25, -0.2) is 0 Å². The van der Waals surface area contributed by atoms with Crippen LogP contribution in [0.3, 0.4) is 0 Å². The van der Waals surface area contributed by atoms with Gasteiger partial charge in [-0.2, -0.15) is 0 Å². The Kier molecular flexibility index (Phi) is 7.45. The first-order valence-electron chi connectivity index (χ1n) is 5.64. The first-order chi connectivity index (χ1) is 8.34. The molecule has 0 aromatic carbocycles. The van der Waals surface area contributed by atoms with Crippen molar-refractivity contribution in [2.75, 3.05) is 20.1 Å². The van der Waals surface area contributed by atoms with Gasteiger partial charge < -0.3 is 26.8 Å². The van der Waals surface area contributed by atoms with Gasteiger partial charge in [-0.3, -0.25) is 15.0 Å². The van der Waals surface area contributed by atoms with E-state index in [1.165, 1.54) is 4.90 Å². The smallest absolute Gasteiger partial charge is 0.320 e. The Morgan fingerprint density at radius 3 is 2.56 bits per heavy atom. The fraction of sp³-hybridized carbons (Fsp3) is 0.700. The van der Waals surface area contributed by atoms with Crippen LogP contribution in [0.5, 0.6) is 0 Å². The van der Waals surface area contributed by atoms with Crippen LogP contribution in [-0.2, 0) is 9.59 Å². The summed E-state index contributed by atoms with van der Waals surface area (Å²) in [6, 6.07) is -0.843. The summed E-state index contributed by atoms with van der Waals surface area (Å²) in [5.74, 6) is -1.41.